The van der Waals surface area contributed by atoms with Crippen molar-refractivity contribution < 1.29 is 9.53 Å². The van der Waals surface area contributed by atoms with Crippen molar-refractivity contribution in [3.8, 4) is 17.1 Å². The Morgan fingerprint density at radius 2 is 2.21 bits per heavy atom. The second-order valence-corrected chi connectivity index (χ2v) is 5.07. The molecule has 0 saturated heterocycles. The van der Waals surface area contributed by atoms with Crippen molar-refractivity contribution >= 4 is 6.29 Å². The molecular formula is C17H16N4O3. The van der Waals surface area contributed by atoms with Gasteiger partial charge in [0.2, 0.25) is 5.56 Å². The SMILES string of the molecule is CCn1nccc1-c1ncccc1COc1c[nH]c(=O)cc1C=O. The molecular weight excluding hydrogens is 308 g/mol. The number of H-pyrrole nitrogens is 1. The fraction of sp³-hybridized carbons (Fsp3) is 0.176. The number of aryl methyl sites for hydroxylation is 1. The van der Waals surface area contributed by atoms with E-state index in [-0.39, 0.29) is 17.7 Å². The molecule has 122 valence electrons. The van der Waals surface area contributed by atoms with Crippen LogP contribution in [0.3, 0.4) is 0 Å². The Labute approximate surface area is 137 Å². The summed E-state index contributed by atoms with van der Waals surface area (Å²) in [5.74, 6) is 0.323. The Morgan fingerprint density at radius 1 is 1.33 bits per heavy atom. The molecule has 0 fully saturated rings. The summed E-state index contributed by atoms with van der Waals surface area (Å²) < 4.78 is 7.56. The number of hydrogen-bond acceptors (Lipinski definition) is 5. The second kappa shape index (κ2) is 6.91. The van der Waals surface area contributed by atoms with Crippen LogP contribution < -0.4 is 10.3 Å². The van der Waals surface area contributed by atoms with Gasteiger partial charge in [-0.05, 0) is 19.1 Å². The van der Waals surface area contributed by atoms with Crippen LogP contribution in [0.4, 0.5) is 0 Å². The summed E-state index contributed by atoms with van der Waals surface area (Å²) in [6.45, 7) is 2.95. The highest BCUT2D eigenvalue weighted by atomic mass is 16.5. The van der Waals surface area contributed by atoms with Crippen molar-refractivity contribution in [2.24, 2.45) is 0 Å². The van der Waals surface area contributed by atoms with Crippen molar-refractivity contribution in [2.45, 2.75) is 20.1 Å². The van der Waals surface area contributed by atoms with Gasteiger partial charge in [0.05, 0.1) is 17.0 Å². The van der Waals surface area contributed by atoms with Gasteiger partial charge in [-0.25, -0.2) is 0 Å². The summed E-state index contributed by atoms with van der Waals surface area (Å²) in [6.07, 6.45) is 5.42. The number of carbonyl (C=O) groups is 1. The summed E-state index contributed by atoms with van der Waals surface area (Å²) >= 11 is 0. The van der Waals surface area contributed by atoms with E-state index in [1.165, 1.54) is 12.3 Å². The lowest BCUT2D eigenvalue weighted by Gasteiger charge is -2.12. The van der Waals surface area contributed by atoms with E-state index < -0.39 is 0 Å². The van der Waals surface area contributed by atoms with Gasteiger partial charge < -0.3 is 9.72 Å². The highest BCUT2D eigenvalue weighted by Crippen LogP contribution is 2.23. The topological polar surface area (TPSA) is 89.9 Å². The van der Waals surface area contributed by atoms with E-state index in [1.54, 1.807) is 12.4 Å². The summed E-state index contributed by atoms with van der Waals surface area (Å²) in [6, 6.07) is 6.83. The van der Waals surface area contributed by atoms with Gasteiger partial charge in [-0.3, -0.25) is 19.3 Å². The van der Waals surface area contributed by atoms with E-state index in [9.17, 15) is 9.59 Å². The molecule has 7 nitrogen and oxygen atoms in total. The predicted octanol–water partition coefficient (Wildman–Crippen LogP) is 2.04. The predicted molar refractivity (Wildman–Crippen MR) is 87.9 cm³/mol. The molecule has 0 aliphatic heterocycles. The minimum absolute atomic E-state index is 0.211. The number of aldehydes is 1. The second-order valence-electron chi connectivity index (χ2n) is 5.07. The number of carbonyl (C=O) groups excluding carboxylic acids is 1. The zero-order valence-corrected chi connectivity index (χ0v) is 13.1. The molecule has 0 saturated carbocycles. The van der Waals surface area contributed by atoms with Crippen LogP contribution >= 0.6 is 0 Å². The van der Waals surface area contributed by atoms with Crippen LogP contribution in [0.5, 0.6) is 5.75 Å². The van der Waals surface area contributed by atoms with Crippen LogP contribution in [-0.2, 0) is 13.2 Å². The average molecular weight is 324 g/mol. The average Bonchev–Trinajstić information content (AvgIpc) is 3.09. The third-order valence-corrected chi connectivity index (χ3v) is 3.58. The van der Waals surface area contributed by atoms with Crippen molar-refractivity contribution in [3.63, 3.8) is 0 Å². The van der Waals surface area contributed by atoms with E-state index in [4.69, 9.17) is 4.74 Å². The molecule has 1 N–H and O–H groups in total. The summed E-state index contributed by atoms with van der Waals surface area (Å²) in [7, 11) is 0. The van der Waals surface area contributed by atoms with Crippen LogP contribution in [0.1, 0.15) is 22.8 Å². The Bertz CT molecular complexity index is 914. The van der Waals surface area contributed by atoms with Gasteiger partial charge in [-0.2, -0.15) is 5.10 Å². The van der Waals surface area contributed by atoms with Gasteiger partial charge in [0.1, 0.15) is 12.4 Å². The highest BCUT2D eigenvalue weighted by molar-refractivity contribution is 5.78. The van der Waals surface area contributed by atoms with E-state index in [2.05, 4.69) is 15.1 Å². The molecule has 24 heavy (non-hydrogen) atoms. The van der Waals surface area contributed by atoms with E-state index >= 15 is 0 Å². The van der Waals surface area contributed by atoms with Crippen LogP contribution in [0.25, 0.3) is 11.4 Å². The monoisotopic (exact) mass is 324 g/mol. The smallest absolute Gasteiger partial charge is 0.248 e. The maximum absolute atomic E-state index is 11.3. The number of nitrogens with one attached hydrogen (secondary N) is 1. The molecule has 3 aromatic rings. The molecule has 0 bridgehead atoms. The lowest BCUT2D eigenvalue weighted by molar-refractivity contribution is 0.111. The number of nitrogens with zero attached hydrogens (tertiary/aromatic N) is 3. The Morgan fingerprint density at radius 3 is 3.00 bits per heavy atom. The molecule has 0 aromatic carbocycles. The molecule has 0 aliphatic rings. The number of aromatic amines is 1. The molecule has 3 heterocycles. The van der Waals surface area contributed by atoms with Gasteiger partial charge in [0, 0.05) is 36.8 Å². The van der Waals surface area contributed by atoms with Crippen LogP contribution in [0, 0.1) is 0 Å². The third kappa shape index (κ3) is 3.10. The van der Waals surface area contributed by atoms with Gasteiger partial charge in [0.25, 0.3) is 0 Å². The molecule has 7 heteroatoms. The number of ether oxygens (including phenoxy) is 1. The Balaban J connectivity index is 1.89. The summed E-state index contributed by atoms with van der Waals surface area (Å²) in [5, 5.41) is 4.26. The van der Waals surface area contributed by atoms with Crippen LogP contribution in [0.15, 0.2) is 47.7 Å². The quantitative estimate of drug-likeness (QED) is 0.701. The van der Waals surface area contributed by atoms with Gasteiger partial charge in [-0.1, -0.05) is 6.07 Å². The number of hydrogen-bond donors (Lipinski definition) is 1. The largest absolute Gasteiger partial charge is 0.487 e. The van der Waals surface area contributed by atoms with Crippen molar-refractivity contribution in [1.82, 2.24) is 19.7 Å². The maximum Gasteiger partial charge on any atom is 0.248 e. The molecule has 0 radical (unpaired) electrons. The van der Waals surface area contributed by atoms with Crippen LogP contribution in [0.2, 0.25) is 0 Å². The lowest BCUT2D eigenvalue weighted by Crippen LogP contribution is -2.09. The molecule has 3 aromatic heterocycles. The van der Waals surface area contributed by atoms with Gasteiger partial charge in [0.15, 0.2) is 6.29 Å². The standard InChI is InChI=1S/C17H16N4O3/c1-2-21-14(5-7-20-21)17-12(4-3-6-18-17)11-24-15-9-19-16(23)8-13(15)10-22/h3-10H,2,11H2,1H3,(H,19,23). The first-order valence-electron chi connectivity index (χ1n) is 7.49. The van der Waals surface area contributed by atoms with Crippen LogP contribution in [-0.4, -0.2) is 26.0 Å². The molecule has 0 amide bonds. The fourth-order valence-corrected chi connectivity index (χ4v) is 2.42. The third-order valence-electron chi connectivity index (χ3n) is 3.58. The molecule has 0 atom stereocenters. The summed E-state index contributed by atoms with van der Waals surface area (Å²) in [5.41, 5.74) is 2.39. The Hall–Kier alpha value is -3.22. The highest BCUT2D eigenvalue weighted by Gasteiger charge is 2.12. The number of rotatable bonds is 6. The van der Waals surface area contributed by atoms with Gasteiger partial charge >= 0.3 is 0 Å². The zero-order chi connectivity index (χ0) is 16.9. The molecule has 0 spiro atoms. The Kier molecular flexibility index (Phi) is 4.51. The zero-order valence-electron chi connectivity index (χ0n) is 13.1. The minimum atomic E-state index is -0.349. The fourth-order valence-electron chi connectivity index (χ4n) is 2.42. The van der Waals surface area contributed by atoms with E-state index in [0.717, 1.165) is 23.5 Å². The van der Waals surface area contributed by atoms with E-state index in [1.807, 2.05) is 29.8 Å². The van der Waals surface area contributed by atoms with Gasteiger partial charge in [-0.15, -0.1) is 0 Å². The first-order chi connectivity index (χ1) is 11.7. The molecule has 3 rings (SSSR count). The first-order valence-corrected chi connectivity index (χ1v) is 7.49. The molecule has 0 aliphatic carbocycles. The first kappa shape index (κ1) is 15.7. The molecule has 0 unspecified atom stereocenters. The van der Waals surface area contributed by atoms with Crippen molar-refractivity contribution in [2.75, 3.05) is 0 Å². The summed E-state index contributed by atoms with van der Waals surface area (Å²) in [4.78, 5) is 29.3. The minimum Gasteiger partial charge on any atom is -0.487 e. The van der Waals surface area contributed by atoms with Crippen molar-refractivity contribution in [1.29, 1.82) is 0 Å². The van der Waals surface area contributed by atoms with Crippen molar-refractivity contribution in [3.05, 3.63) is 64.3 Å². The normalized spacial score (nSPS) is 10.5. The number of aromatic nitrogens is 4. The number of pyridine rings is 2. The lowest BCUT2D eigenvalue weighted by atomic mass is 10.1. The van der Waals surface area contributed by atoms with E-state index in [0.29, 0.717) is 12.0 Å². The maximum atomic E-state index is 11.3.